The van der Waals surface area contributed by atoms with Crippen molar-refractivity contribution in [2.24, 2.45) is 0 Å². The van der Waals surface area contributed by atoms with Gasteiger partial charge in [-0.25, -0.2) is 0 Å². The van der Waals surface area contributed by atoms with E-state index in [1.165, 1.54) is 0 Å². The van der Waals surface area contributed by atoms with Crippen LogP contribution in [-0.2, 0) is 0 Å². The number of ether oxygens (including phenoxy) is 1. The average Bonchev–Trinajstić information content (AvgIpc) is 2.82. The summed E-state index contributed by atoms with van der Waals surface area (Å²) in [7, 11) is 3.82. The fraction of sp³-hybridized carbons (Fsp3) is 0.222. The minimum atomic E-state index is -0.189. The highest BCUT2D eigenvalue weighted by Crippen LogP contribution is 2.36. The summed E-state index contributed by atoms with van der Waals surface area (Å²) < 4.78 is 5.82. The number of nitrogens with one attached hydrogen (secondary N) is 1. The molecule has 0 bridgehead atoms. The Morgan fingerprint density at radius 1 is 1.09 bits per heavy atom. The van der Waals surface area contributed by atoms with E-state index in [-0.39, 0.29) is 11.9 Å². The first-order valence-corrected chi connectivity index (χ1v) is 12.0. The Bertz CT molecular complexity index is 1430. The molecule has 0 aliphatic carbocycles. The van der Waals surface area contributed by atoms with E-state index in [0.29, 0.717) is 39.8 Å². The summed E-state index contributed by atoms with van der Waals surface area (Å²) in [6.07, 6.45) is 4.02. The zero-order valence-electron chi connectivity index (χ0n) is 19.6. The maximum Gasteiger partial charge on any atom is 0.255 e. The number of fused-ring (bicyclic) bond motifs is 2. The van der Waals surface area contributed by atoms with Gasteiger partial charge in [-0.3, -0.25) is 14.8 Å². The Morgan fingerprint density at radius 2 is 1.86 bits per heavy atom. The first-order valence-electron chi connectivity index (χ1n) is 11.3. The quantitative estimate of drug-likeness (QED) is 0.355. The molecule has 0 radical (unpaired) electrons. The molecule has 0 fully saturated rings. The van der Waals surface area contributed by atoms with E-state index in [1.54, 1.807) is 30.6 Å². The van der Waals surface area contributed by atoms with Gasteiger partial charge in [-0.1, -0.05) is 35.3 Å². The Balaban J connectivity index is 1.57. The third-order valence-electron chi connectivity index (χ3n) is 6.10. The van der Waals surface area contributed by atoms with Gasteiger partial charge in [0.05, 0.1) is 35.1 Å². The van der Waals surface area contributed by atoms with Crippen molar-refractivity contribution in [3.8, 4) is 17.0 Å². The molecule has 2 aromatic carbocycles. The van der Waals surface area contributed by atoms with Crippen LogP contribution in [0.5, 0.6) is 5.75 Å². The zero-order valence-corrected chi connectivity index (χ0v) is 21.1. The Kier molecular flexibility index (Phi) is 6.26. The van der Waals surface area contributed by atoms with Gasteiger partial charge >= 0.3 is 0 Å². The van der Waals surface area contributed by atoms with Crippen molar-refractivity contribution < 1.29 is 9.53 Å². The fourth-order valence-electron chi connectivity index (χ4n) is 4.54. The fourth-order valence-corrected chi connectivity index (χ4v) is 5.07. The summed E-state index contributed by atoms with van der Waals surface area (Å²) in [6.45, 7) is 2.57. The normalized spacial score (nSPS) is 14.8. The molecule has 1 atom stereocenters. The van der Waals surface area contributed by atoms with Gasteiger partial charge in [0.25, 0.3) is 5.91 Å². The number of anilines is 1. The van der Waals surface area contributed by atoms with Crippen LogP contribution in [0.4, 0.5) is 5.69 Å². The summed E-state index contributed by atoms with van der Waals surface area (Å²) in [5, 5.41) is 5.04. The van der Waals surface area contributed by atoms with Crippen LogP contribution in [0.2, 0.25) is 10.0 Å². The van der Waals surface area contributed by atoms with Crippen LogP contribution in [0.15, 0.2) is 54.9 Å². The van der Waals surface area contributed by atoms with E-state index in [2.05, 4.69) is 15.3 Å². The predicted molar refractivity (Wildman–Crippen MR) is 141 cm³/mol. The Labute approximate surface area is 213 Å². The molecule has 0 spiro atoms. The van der Waals surface area contributed by atoms with Crippen LogP contribution in [0, 0.1) is 6.92 Å². The van der Waals surface area contributed by atoms with Gasteiger partial charge in [0.15, 0.2) is 0 Å². The van der Waals surface area contributed by atoms with Gasteiger partial charge in [0.1, 0.15) is 5.75 Å². The largest absolute Gasteiger partial charge is 0.493 e. The molecule has 0 unspecified atom stereocenters. The first-order chi connectivity index (χ1) is 16.8. The van der Waals surface area contributed by atoms with Crippen LogP contribution in [-0.4, -0.2) is 36.6 Å². The van der Waals surface area contributed by atoms with Crippen molar-refractivity contribution in [2.45, 2.75) is 19.4 Å². The molecule has 1 N–H and O–H groups in total. The summed E-state index contributed by atoms with van der Waals surface area (Å²) in [6, 6.07) is 13.1. The molecule has 3 heterocycles. The number of hydrogen-bond donors (Lipinski definition) is 1. The number of nitrogens with zero attached hydrogens (tertiary/aromatic N) is 3. The molecule has 0 saturated heterocycles. The molecular formula is C27H24Cl2N4O2. The molecule has 6 nitrogen and oxygen atoms in total. The second-order valence-corrected chi connectivity index (χ2v) is 9.71. The molecule has 1 aliphatic heterocycles. The number of benzene rings is 2. The van der Waals surface area contributed by atoms with Crippen molar-refractivity contribution in [1.82, 2.24) is 15.3 Å². The van der Waals surface area contributed by atoms with E-state index in [1.807, 2.05) is 50.2 Å². The van der Waals surface area contributed by atoms with Crippen molar-refractivity contribution in [2.75, 3.05) is 25.6 Å². The third-order valence-corrected chi connectivity index (χ3v) is 6.54. The number of amides is 1. The van der Waals surface area contributed by atoms with Crippen molar-refractivity contribution in [1.29, 1.82) is 0 Å². The third kappa shape index (κ3) is 4.51. The highest BCUT2D eigenvalue weighted by atomic mass is 35.5. The molecule has 5 rings (SSSR count). The maximum atomic E-state index is 13.5. The topological polar surface area (TPSA) is 67.3 Å². The zero-order chi connectivity index (χ0) is 24.7. The number of aromatic nitrogens is 2. The summed E-state index contributed by atoms with van der Waals surface area (Å²) in [5.41, 5.74) is 5.43. The number of hydrogen-bond acceptors (Lipinski definition) is 5. The van der Waals surface area contributed by atoms with Gasteiger partial charge in [0, 0.05) is 59.5 Å². The lowest BCUT2D eigenvalue weighted by molar-refractivity contribution is 0.0925. The number of carbonyl (C=O) groups is 1. The maximum absolute atomic E-state index is 13.5. The van der Waals surface area contributed by atoms with E-state index in [9.17, 15) is 4.79 Å². The van der Waals surface area contributed by atoms with Gasteiger partial charge in [-0.2, -0.15) is 0 Å². The summed E-state index contributed by atoms with van der Waals surface area (Å²) in [4.78, 5) is 24.7. The molecule has 8 heteroatoms. The van der Waals surface area contributed by atoms with E-state index < -0.39 is 0 Å². The van der Waals surface area contributed by atoms with Crippen LogP contribution in [0.3, 0.4) is 0 Å². The summed E-state index contributed by atoms with van der Waals surface area (Å²) >= 11 is 12.5. The van der Waals surface area contributed by atoms with Gasteiger partial charge < -0.3 is 15.0 Å². The number of rotatable bonds is 4. The number of pyridine rings is 2. The lowest BCUT2D eigenvalue weighted by atomic mass is 9.98. The highest BCUT2D eigenvalue weighted by molar-refractivity contribution is 6.35. The SMILES string of the molecule is Cc1ccc2c(c1)OCC[C@@H]2NC(=O)c1cnc2c(-c3cc(Cl)cc(Cl)c3)nccc2c1N(C)C. The van der Waals surface area contributed by atoms with Gasteiger partial charge in [-0.05, 0) is 42.8 Å². The molecule has 178 valence electrons. The molecule has 1 aliphatic rings. The predicted octanol–water partition coefficient (Wildman–Crippen LogP) is 6.23. The highest BCUT2D eigenvalue weighted by Gasteiger charge is 2.26. The number of carbonyl (C=O) groups excluding carboxylic acids is 1. The van der Waals surface area contributed by atoms with Crippen LogP contribution >= 0.6 is 23.2 Å². The van der Waals surface area contributed by atoms with Gasteiger partial charge in [0.2, 0.25) is 0 Å². The van der Waals surface area contributed by atoms with Gasteiger partial charge in [-0.15, -0.1) is 0 Å². The number of halogens is 2. The molecule has 2 aromatic heterocycles. The minimum absolute atomic E-state index is 0.140. The van der Waals surface area contributed by atoms with Crippen molar-refractivity contribution >= 4 is 45.7 Å². The van der Waals surface area contributed by atoms with Crippen molar-refractivity contribution in [3.05, 3.63) is 81.6 Å². The van der Waals surface area contributed by atoms with E-state index in [4.69, 9.17) is 27.9 Å². The standard InChI is InChI=1S/C27H24Cl2N4O2/c1-15-4-5-19-22(7-9-35-23(19)10-15)32-27(34)21-14-31-25-20(26(21)33(2)3)6-8-30-24(25)16-11-17(28)13-18(29)12-16/h4-6,8,10-14,22H,7,9H2,1-3H3,(H,32,34)/t22-/m0/s1. The number of aryl methyl sites for hydroxylation is 1. The lowest BCUT2D eigenvalue weighted by Gasteiger charge is -2.28. The Morgan fingerprint density at radius 3 is 2.60 bits per heavy atom. The average molecular weight is 507 g/mol. The minimum Gasteiger partial charge on any atom is -0.493 e. The molecule has 35 heavy (non-hydrogen) atoms. The summed E-state index contributed by atoms with van der Waals surface area (Å²) in [5.74, 6) is 0.632. The van der Waals surface area contributed by atoms with Crippen LogP contribution in [0.25, 0.3) is 22.2 Å². The first kappa shape index (κ1) is 23.4. The molecule has 1 amide bonds. The second-order valence-electron chi connectivity index (χ2n) is 8.83. The molecular weight excluding hydrogens is 483 g/mol. The lowest BCUT2D eigenvalue weighted by Crippen LogP contribution is -2.33. The van der Waals surface area contributed by atoms with E-state index >= 15 is 0 Å². The van der Waals surface area contributed by atoms with Crippen molar-refractivity contribution in [3.63, 3.8) is 0 Å². The molecule has 0 saturated carbocycles. The van der Waals surface area contributed by atoms with E-state index in [0.717, 1.165) is 33.5 Å². The van der Waals surface area contributed by atoms with Crippen LogP contribution < -0.4 is 15.0 Å². The molecule has 4 aromatic rings. The monoisotopic (exact) mass is 506 g/mol. The smallest absolute Gasteiger partial charge is 0.255 e. The van der Waals surface area contributed by atoms with Crippen LogP contribution in [0.1, 0.15) is 33.9 Å². The Hall–Kier alpha value is -3.35. The second kappa shape index (κ2) is 9.36.